The zero-order valence-electron chi connectivity index (χ0n) is 9.79. The Morgan fingerprint density at radius 3 is 2.60 bits per heavy atom. The van der Waals surface area contributed by atoms with Crippen molar-refractivity contribution >= 4 is 6.03 Å². The van der Waals surface area contributed by atoms with E-state index in [4.69, 9.17) is 4.74 Å². The minimum Gasteiger partial charge on any atom is -0.383 e. The summed E-state index contributed by atoms with van der Waals surface area (Å²) in [5.41, 5.74) is 0. The first-order chi connectivity index (χ1) is 7.27. The van der Waals surface area contributed by atoms with Gasteiger partial charge in [0.25, 0.3) is 0 Å². The first kappa shape index (κ1) is 12.3. The van der Waals surface area contributed by atoms with Crippen molar-refractivity contribution in [1.29, 1.82) is 0 Å². The predicted octanol–water partition coefficient (Wildman–Crippen LogP) is 1.61. The van der Waals surface area contributed by atoms with Crippen LogP contribution in [-0.2, 0) is 4.74 Å². The molecule has 15 heavy (non-hydrogen) atoms. The van der Waals surface area contributed by atoms with Crippen molar-refractivity contribution in [2.45, 2.75) is 38.6 Å². The summed E-state index contributed by atoms with van der Waals surface area (Å²) in [7, 11) is 1.66. The summed E-state index contributed by atoms with van der Waals surface area (Å²) in [5.74, 6) is 0. The molecule has 4 heteroatoms. The number of hydrogen-bond donors (Lipinski definition) is 1. The molecule has 1 saturated heterocycles. The Balaban J connectivity index is 2.31. The van der Waals surface area contributed by atoms with Crippen molar-refractivity contribution in [3.05, 3.63) is 0 Å². The lowest BCUT2D eigenvalue weighted by molar-refractivity contribution is 0.149. The van der Waals surface area contributed by atoms with E-state index in [1.54, 1.807) is 7.11 Å². The zero-order valence-corrected chi connectivity index (χ0v) is 9.79. The number of ether oxygens (including phenoxy) is 1. The van der Waals surface area contributed by atoms with Crippen LogP contribution in [0.5, 0.6) is 0 Å². The number of piperidine rings is 1. The van der Waals surface area contributed by atoms with Crippen molar-refractivity contribution in [1.82, 2.24) is 10.2 Å². The van der Waals surface area contributed by atoms with E-state index in [0.29, 0.717) is 6.61 Å². The molecule has 1 fully saturated rings. The van der Waals surface area contributed by atoms with E-state index in [0.717, 1.165) is 32.4 Å². The number of nitrogens with zero attached hydrogens (tertiary/aromatic N) is 1. The molecular formula is C11H22N2O2. The maximum atomic E-state index is 11.8. The highest BCUT2D eigenvalue weighted by atomic mass is 16.5. The normalized spacial score (nSPS) is 18.7. The van der Waals surface area contributed by atoms with E-state index < -0.39 is 0 Å². The van der Waals surface area contributed by atoms with Gasteiger partial charge in [0, 0.05) is 20.2 Å². The van der Waals surface area contributed by atoms with Gasteiger partial charge in [0.1, 0.15) is 0 Å². The summed E-state index contributed by atoms with van der Waals surface area (Å²) < 4.78 is 5.05. The van der Waals surface area contributed by atoms with Gasteiger partial charge < -0.3 is 15.0 Å². The Morgan fingerprint density at radius 2 is 2.07 bits per heavy atom. The minimum atomic E-state index is 0.0681. The summed E-state index contributed by atoms with van der Waals surface area (Å²) in [5, 5.41) is 3.00. The molecule has 0 aromatic rings. The lowest BCUT2D eigenvalue weighted by Gasteiger charge is -2.28. The van der Waals surface area contributed by atoms with Gasteiger partial charge >= 0.3 is 6.03 Å². The Kier molecular flexibility index (Phi) is 5.47. The molecule has 2 amide bonds. The fourth-order valence-corrected chi connectivity index (χ4v) is 1.83. The fraction of sp³-hybridized carbons (Fsp3) is 0.909. The SMILES string of the molecule is CCC(COC)NC(=O)N1CCCCC1. The molecule has 88 valence electrons. The first-order valence-corrected chi connectivity index (χ1v) is 5.82. The monoisotopic (exact) mass is 214 g/mol. The van der Waals surface area contributed by atoms with Crippen LogP contribution >= 0.6 is 0 Å². The molecule has 0 saturated carbocycles. The fourth-order valence-electron chi connectivity index (χ4n) is 1.83. The van der Waals surface area contributed by atoms with Gasteiger partial charge in [-0.15, -0.1) is 0 Å². The highest BCUT2D eigenvalue weighted by Gasteiger charge is 2.18. The largest absolute Gasteiger partial charge is 0.383 e. The van der Waals surface area contributed by atoms with Gasteiger partial charge in [-0.3, -0.25) is 0 Å². The maximum absolute atomic E-state index is 11.8. The lowest BCUT2D eigenvalue weighted by atomic mass is 10.1. The third kappa shape index (κ3) is 4.08. The number of nitrogens with one attached hydrogen (secondary N) is 1. The second-order valence-corrected chi connectivity index (χ2v) is 4.06. The van der Waals surface area contributed by atoms with Crippen LogP contribution < -0.4 is 5.32 Å². The van der Waals surface area contributed by atoms with Gasteiger partial charge in [0.05, 0.1) is 12.6 Å². The second-order valence-electron chi connectivity index (χ2n) is 4.06. The van der Waals surface area contributed by atoms with E-state index in [1.165, 1.54) is 6.42 Å². The summed E-state index contributed by atoms with van der Waals surface area (Å²) in [6, 6.07) is 0.211. The number of amides is 2. The van der Waals surface area contributed by atoms with Gasteiger partial charge in [-0.25, -0.2) is 4.79 Å². The van der Waals surface area contributed by atoms with Crippen molar-refractivity contribution < 1.29 is 9.53 Å². The standard InChI is InChI=1S/C11H22N2O2/c1-3-10(9-15-2)12-11(14)13-7-5-4-6-8-13/h10H,3-9H2,1-2H3,(H,12,14). The van der Waals surface area contributed by atoms with Crippen LogP contribution in [0.2, 0.25) is 0 Å². The lowest BCUT2D eigenvalue weighted by Crippen LogP contribution is -2.47. The molecule has 1 rings (SSSR count). The third-order valence-corrected chi connectivity index (χ3v) is 2.83. The van der Waals surface area contributed by atoms with Crippen LogP contribution in [0.25, 0.3) is 0 Å². The van der Waals surface area contributed by atoms with E-state index in [-0.39, 0.29) is 12.1 Å². The van der Waals surface area contributed by atoms with Crippen molar-refractivity contribution in [2.75, 3.05) is 26.8 Å². The molecule has 1 heterocycles. The molecule has 0 radical (unpaired) electrons. The molecule has 0 aromatic heterocycles. The average Bonchev–Trinajstić information content (AvgIpc) is 2.29. The molecule has 0 aromatic carbocycles. The zero-order chi connectivity index (χ0) is 11.1. The van der Waals surface area contributed by atoms with Gasteiger partial charge in [-0.1, -0.05) is 6.92 Å². The number of methoxy groups -OCH3 is 1. The predicted molar refractivity (Wildman–Crippen MR) is 59.9 cm³/mol. The topological polar surface area (TPSA) is 41.6 Å². The van der Waals surface area contributed by atoms with Crippen molar-refractivity contribution in [2.24, 2.45) is 0 Å². The molecule has 0 aliphatic carbocycles. The molecule has 1 aliphatic rings. The molecular weight excluding hydrogens is 192 g/mol. The third-order valence-electron chi connectivity index (χ3n) is 2.83. The van der Waals surface area contributed by atoms with E-state index in [2.05, 4.69) is 12.2 Å². The quantitative estimate of drug-likeness (QED) is 0.772. The summed E-state index contributed by atoms with van der Waals surface area (Å²) in [6.07, 6.45) is 4.43. The van der Waals surface area contributed by atoms with Crippen molar-refractivity contribution in [3.63, 3.8) is 0 Å². The first-order valence-electron chi connectivity index (χ1n) is 5.82. The van der Waals surface area contributed by atoms with Gasteiger partial charge in [-0.05, 0) is 25.7 Å². The van der Waals surface area contributed by atoms with Crippen LogP contribution in [0.4, 0.5) is 4.79 Å². The van der Waals surface area contributed by atoms with Gasteiger partial charge in [-0.2, -0.15) is 0 Å². The molecule has 0 spiro atoms. The van der Waals surface area contributed by atoms with Gasteiger partial charge in [0.15, 0.2) is 0 Å². The number of rotatable bonds is 4. The highest BCUT2D eigenvalue weighted by Crippen LogP contribution is 2.08. The smallest absolute Gasteiger partial charge is 0.317 e. The molecule has 1 atom stereocenters. The van der Waals surface area contributed by atoms with Crippen LogP contribution in [0.3, 0.4) is 0 Å². The van der Waals surface area contributed by atoms with Crippen molar-refractivity contribution in [3.8, 4) is 0 Å². The van der Waals surface area contributed by atoms with Crippen LogP contribution in [0, 0.1) is 0 Å². The summed E-state index contributed by atoms with van der Waals surface area (Å²) in [4.78, 5) is 13.7. The molecule has 1 aliphatic heterocycles. The average molecular weight is 214 g/mol. The minimum absolute atomic E-state index is 0.0681. The number of urea groups is 1. The van der Waals surface area contributed by atoms with Crippen LogP contribution in [0.1, 0.15) is 32.6 Å². The highest BCUT2D eigenvalue weighted by molar-refractivity contribution is 5.74. The van der Waals surface area contributed by atoms with E-state index in [9.17, 15) is 4.79 Å². The Labute approximate surface area is 92.0 Å². The Morgan fingerprint density at radius 1 is 1.40 bits per heavy atom. The Bertz CT molecular complexity index is 191. The number of carbonyl (C=O) groups is 1. The molecule has 0 bridgehead atoms. The molecule has 1 N–H and O–H groups in total. The van der Waals surface area contributed by atoms with Crippen LogP contribution in [0.15, 0.2) is 0 Å². The molecule has 4 nitrogen and oxygen atoms in total. The molecule has 1 unspecified atom stereocenters. The summed E-state index contributed by atoms with van der Waals surface area (Å²) >= 11 is 0. The van der Waals surface area contributed by atoms with E-state index in [1.807, 2.05) is 4.90 Å². The van der Waals surface area contributed by atoms with Crippen LogP contribution in [-0.4, -0.2) is 43.8 Å². The second kappa shape index (κ2) is 6.67. The van der Waals surface area contributed by atoms with E-state index >= 15 is 0 Å². The van der Waals surface area contributed by atoms with Gasteiger partial charge in [0.2, 0.25) is 0 Å². The summed E-state index contributed by atoms with van der Waals surface area (Å²) in [6.45, 7) is 4.45. The number of likely N-dealkylation sites (tertiary alicyclic amines) is 1. The maximum Gasteiger partial charge on any atom is 0.317 e. The Hall–Kier alpha value is -0.770. The number of carbonyl (C=O) groups excluding carboxylic acids is 1. The number of hydrogen-bond acceptors (Lipinski definition) is 2.